The Kier molecular flexibility index (Phi) is 4.46. The first-order chi connectivity index (χ1) is 10.2. The van der Waals surface area contributed by atoms with E-state index in [0.717, 1.165) is 17.8 Å². The molecule has 1 aromatic heterocycles. The van der Waals surface area contributed by atoms with Gasteiger partial charge >= 0.3 is 6.18 Å². The van der Waals surface area contributed by atoms with Crippen LogP contribution in [0.15, 0.2) is 24.3 Å². The number of nitrogens with one attached hydrogen (secondary N) is 1. The number of halogens is 4. The van der Waals surface area contributed by atoms with Crippen molar-refractivity contribution in [1.29, 1.82) is 0 Å². The molecule has 0 atom stereocenters. The van der Waals surface area contributed by atoms with Gasteiger partial charge < -0.3 is 5.32 Å². The smallest absolute Gasteiger partial charge is 0.326 e. The zero-order chi connectivity index (χ0) is 16.5. The van der Waals surface area contributed by atoms with Gasteiger partial charge in [-0.05, 0) is 31.2 Å². The Bertz CT molecular complexity index is 710. The van der Waals surface area contributed by atoms with Crippen molar-refractivity contribution in [3.8, 4) is 0 Å². The largest absolute Gasteiger partial charge is 0.417 e. The van der Waals surface area contributed by atoms with Gasteiger partial charge in [-0.3, -0.25) is 9.48 Å². The van der Waals surface area contributed by atoms with Gasteiger partial charge in [0.25, 0.3) is 0 Å². The van der Waals surface area contributed by atoms with E-state index in [1.54, 1.807) is 24.7 Å². The summed E-state index contributed by atoms with van der Waals surface area (Å²) in [6.45, 7) is 1.79. The summed E-state index contributed by atoms with van der Waals surface area (Å²) in [5.74, 6) is -0.432. The van der Waals surface area contributed by atoms with Crippen LogP contribution in [-0.2, 0) is 24.4 Å². The minimum absolute atomic E-state index is 0.0152. The summed E-state index contributed by atoms with van der Waals surface area (Å²) in [6, 6.07) is 4.98. The Morgan fingerprint density at radius 1 is 1.36 bits per heavy atom. The van der Waals surface area contributed by atoms with Crippen LogP contribution in [0.4, 0.5) is 18.9 Å². The molecule has 0 aliphatic heterocycles. The van der Waals surface area contributed by atoms with Crippen molar-refractivity contribution in [3.63, 3.8) is 0 Å². The maximum atomic E-state index is 12.8. The van der Waals surface area contributed by atoms with Crippen LogP contribution < -0.4 is 5.32 Å². The maximum absolute atomic E-state index is 12.8. The number of hydrogen-bond acceptors (Lipinski definition) is 2. The van der Waals surface area contributed by atoms with Crippen LogP contribution in [0.1, 0.15) is 17.0 Å². The van der Waals surface area contributed by atoms with Gasteiger partial charge in [0, 0.05) is 18.4 Å². The molecule has 0 aliphatic rings. The van der Waals surface area contributed by atoms with Gasteiger partial charge in [0.05, 0.1) is 22.7 Å². The van der Waals surface area contributed by atoms with E-state index in [1.807, 2.05) is 0 Å². The fourth-order valence-electron chi connectivity index (χ4n) is 2.02. The minimum atomic E-state index is -4.57. The summed E-state index contributed by atoms with van der Waals surface area (Å²) >= 11 is 5.53. The average Bonchev–Trinajstić information content (AvgIpc) is 2.68. The van der Waals surface area contributed by atoms with Crippen LogP contribution in [0, 0.1) is 6.92 Å². The van der Waals surface area contributed by atoms with Gasteiger partial charge in [0.1, 0.15) is 0 Å². The van der Waals surface area contributed by atoms with E-state index in [4.69, 9.17) is 11.6 Å². The van der Waals surface area contributed by atoms with E-state index in [-0.39, 0.29) is 12.1 Å². The van der Waals surface area contributed by atoms with E-state index >= 15 is 0 Å². The van der Waals surface area contributed by atoms with Crippen molar-refractivity contribution in [2.24, 2.45) is 7.05 Å². The molecule has 4 nitrogen and oxygen atoms in total. The van der Waals surface area contributed by atoms with Crippen LogP contribution in [0.2, 0.25) is 5.02 Å². The van der Waals surface area contributed by atoms with Crippen LogP contribution in [0.3, 0.4) is 0 Å². The van der Waals surface area contributed by atoms with E-state index in [0.29, 0.717) is 5.69 Å². The number of aromatic nitrogens is 2. The Balaban J connectivity index is 2.14. The third-order valence-corrected chi connectivity index (χ3v) is 3.33. The lowest BCUT2D eigenvalue weighted by atomic mass is 10.2. The first-order valence-electron chi connectivity index (χ1n) is 6.33. The van der Waals surface area contributed by atoms with Crippen LogP contribution in [-0.4, -0.2) is 15.7 Å². The van der Waals surface area contributed by atoms with E-state index in [1.165, 1.54) is 6.07 Å². The Morgan fingerprint density at radius 2 is 2.05 bits per heavy atom. The zero-order valence-electron chi connectivity index (χ0n) is 11.8. The molecule has 2 rings (SSSR count). The highest BCUT2D eigenvalue weighted by Gasteiger charge is 2.33. The molecule has 0 aliphatic carbocycles. The number of carbonyl (C=O) groups excluding carboxylic acids is 1. The van der Waals surface area contributed by atoms with Gasteiger partial charge in [-0.25, -0.2) is 0 Å². The number of alkyl halides is 3. The lowest BCUT2D eigenvalue weighted by Crippen LogP contribution is -2.17. The number of hydrogen-bond donors (Lipinski definition) is 1. The second-order valence-corrected chi connectivity index (χ2v) is 5.23. The summed E-state index contributed by atoms with van der Waals surface area (Å²) in [5, 5.41) is 6.12. The second kappa shape index (κ2) is 6.00. The first kappa shape index (κ1) is 16.4. The number of rotatable bonds is 3. The molecule has 1 N–H and O–H groups in total. The average molecular weight is 332 g/mol. The highest BCUT2D eigenvalue weighted by Crippen LogP contribution is 2.36. The number of carbonyl (C=O) groups is 1. The third kappa shape index (κ3) is 3.79. The van der Waals surface area contributed by atoms with Gasteiger partial charge in [-0.2, -0.15) is 18.3 Å². The normalized spacial score (nSPS) is 11.5. The Labute approximate surface area is 129 Å². The number of nitrogens with zero attached hydrogens (tertiary/aromatic N) is 2. The highest BCUT2D eigenvalue weighted by atomic mass is 35.5. The Morgan fingerprint density at radius 3 is 2.59 bits per heavy atom. The lowest BCUT2D eigenvalue weighted by molar-refractivity contribution is -0.137. The molecule has 8 heteroatoms. The summed E-state index contributed by atoms with van der Waals surface area (Å²) < 4.78 is 39.8. The van der Waals surface area contributed by atoms with E-state index < -0.39 is 22.7 Å². The molecule has 0 radical (unpaired) electrons. The molecule has 1 aromatic carbocycles. The predicted octanol–water partition coefficient (Wildman–Crippen LogP) is 3.58. The Hall–Kier alpha value is -2.02. The fourth-order valence-corrected chi connectivity index (χ4v) is 2.24. The molecule has 0 saturated carbocycles. The number of benzene rings is 1. The minimum Gasteiger partial charge on any atom is -0.326 e. The molecule has 1 amide bonds. The molecule has 118 valence electrons. The predicted molar refractivity (Wildman–Crippen MR) is 76.7 cm³/mol. The summed E-state index contributed by atoms with van der Waals surface area (Å²) in [7, 11) is 1.69. The quantitative estimate of drug-likeness (QED) is 0.934. The summed E-state index contributed by atoms with van der Waals surface area (Å²) in [4.78, 5) is 11.9. The van der Waals surface area contributed by atoms with Crippen LogP contribution in [0.25, 0.3) is 0 Å². The molecular weight excluding hydrogens is 319 g/mol. The van der Waals surface area contributed by atoms with Crippen LogP contribution in [0.5, 0.6) is 0 Å². The highest BCUT2D eigenvalue weighted by molar-refractivity contribution is 6.31. The van der Waals surface area contributed by atoms with Crippen molar-refractivity contribution in [2.45, 2.75) is 19.5 Å². The summed E-state index contributed by atoms with van der Waals surface area (Å²) in [5.41, 5.74) is 0.486. The van der Waals surface area contributed by atoms with Crippen LogP contribution >= 0.6 is 11.6 Å². The number of amides is 1. The van der Waals surface area contributed by atoms with Gasteiger partial charge in [-0.1, -0.05) is 11.6 Å². The van der Waals surface area contributed by atoms with E-state index in [2.05, 4.69) is 10.4 Å². The number of anilines is 1. The molecular formula is C14H13ClF3N3O. The maximum Gasteiger partial charge on any atom is 0.417 e. The molecule has 1 heterocycles. The molecule has 0 spiro atoms. The van der Waals surface area contributed by atoms with Gasteiger partial charge in [-0.15, -0.1) is 0 Å². The monoisotopic (exact) mass is 331 g/mol. The van der Waals surface area contributed by atoms with Gasteiger partial charge in [0.2, 0.25) is 5.91 Å². The lowest BCUT2D eigenvalue weighted by Gasteiger charge is -2.11. The number of aryl methyl sites for hydroxylation is 2. The standard InChI is InChI=1S/C14H13ClF3N3O/c1-8-5-10(21(2)20-8)7-13(22)19-9-3-4-12(15)11(6-9)14(16,17)18/h3-6H,7H2,1-2H3,(H,19,22). The molecule has 0 fully saturated rings. The van der Waals surface area contributed by atoms with Gasteiger partial charge in [0.15, 0.2) is 0 Å². The van der Waals surface area contributed by atoms with Crippen molar-refractivity contribution in [2.75, 3.05) is 5.32 Å². The van der Waals surface area contributed by atoms with Crippen molar-refractivity contribution >= 4 is 23.2 Å². The molecule has 0 unspecified atom stereocenters. The molecule has 0 bridgehead atoms. The molecule has 2 aromatic rings. The first-order valence-corrected chi connectivity index (χ1v) is 6.70. The second-order valence-electron chi connectivity index (χ2n) is 4.82. The van der Waals surface area contributed by atoms with E-state index in [9.17, 15) is 18.0 Å². The zero-order valence-corrected chi connectivity index (χ0v) is 12.6. The van der Waals surface area contributed by atoms with Crippen molar-refractivity contribution < 1.29 is 18.0 Å². The third-order valence-electron chi connectivity index (χ3n) is 3.00. The van der Waals surface area contributed by atoms with Crippen molar-refractivity contribution in [3.05, 3.63) is 46.2 Å². The molecule has 22 heavy (non-hydrogen) atoms. The summed E-state index contributed by atoms with van der Waals surface area (Å²) in [6.07, 6.45) is -4.56. The topological polar surface area (TPSA) is 46.9 Å². The van der Waals surface area contributed by atoms with Crippen molar-refractivity contribution in [1.82, 2.24) is 9.78 Å². The SMILES string of the molecule is Cc1cc(CC(=O)Nc2ccc(Cl)c(C(F)(F)F)c2)n(C)n1. The molecule has 0 saturated heterocycles. The fraction of sp³-hybridized carbons (Fsp3) is 0.286.